The lowest BCUT2D eigenvalue weighted by atomic mass is 10.0. The number of nitrogens with zero attached hydrogens (tertiary/aromatic N) is 2. The summed E-state index contributed by atoms with van der Waals surface area (Å²) in [5.41, 5.74) is 3.81. The topological polar surface area (TPSA) is 59.0 Å². The third kappa shape index (κ3) is 3.83. The number of hydrogen-bond acceptors (Lipinski definition) is 3. The number of nitrogens with one attached hydrogen (secondary N) is 2. The zero-order valence-corrected chi connectivity index (χ0v) is 14.7. The van der Waals surface area contributed by atoms with Crippen molar-refractivity contribution in [2.24, 2.45) is 0 Å². The molecule has 1 aliphatic heterocycles. The molecule has 3 aromatic rings. The van der Waals surface area contributed by atoms with Crippen molar-refractivity contribution in [2.75, 3.05) is 6.54 Å². The summed E-state index contributed by atoms with van der Waals surface area (Å²) in [5.74, 6) is -3.17. The highest BCUT2D eigenvalue weighted by molar-refractivity contribution is 5.82. The summed E-state index contributed by atoms with van der Waals surface area (Å²) in [6, 6.07) is 14.7. The van der Waals surface area contributed by atoms with E-state index in [4.69, 9.17) is 0 Å². The van der Waals surface area contributed by atoms with Gasteiger partial charge in [-0.3, -0.25) is 9.36 Å². The van der Waals surface area contributed by atoms with Crippen LogP contribution in [0.25, 0.3) is 16.7 Å². The van der Waals surface area contributed by atoms with Gasteiger partial charge in [0.05, 0.1) is 17.1 Å². The Kier molecular flexibility index (Phi) is 4.61. The summed E-state index contributed by atoms with van der Waals surface area (Å²) in [6.07, 6.45) is 1.10. The van der Waals surface area contributed by atoms with Gasteiger partial charge in [-0.2, -0.15) is 0 Å². The number of rotatable bonds is 4. The van der Waals surface area contributed by atoms with E-state index in [1.165, 1.54) is 0 Å². The Labute approximate surface area is 155 Å². The molecule has 0 bridgehead atoms. The minimum atomic E-state index is -2.78. The maximum atomic E-state index is 13.4. The van der Waals surface area contributed by atoms with Gasteiger partial charge in [-0.15, -0.1) is 0 Å². The number of hydrogen-bond donors (Lipinski definition) is 2. The van der Waals surface area contributed by atoms with Crippen LogP contribution < -0.4 is 10.6 Å². The van der Waals surface area contributed by atoms with Crippen LogP contribution in [0.15, 0.2) is 54.9 Å². The fraction of sp³-hybridized carbons (Fsp3) is 0.300. The summed E-state index contributed by atoms with van der Waals surface area (Å²) in [6.45, 7) is 0.451. The second-order valence-electron chi connectivity index (χ2n) is 6.80. The Balaban J connectivity index is 1.40. The van der Waals surface area contributed by atoms with Crippen molar-refractivity contribution in [1.82, 2.24) is 20.2 Å². The molecule has 1 fully saturated rings. The molecule has 2 N–H and O–H groups in total. The van der Waals surface area contributed by atoms with Crippen LogP contribution in [0.4, 0.5) is 8.78 Å². The molecule has 1 aromatic heterocycles. The Hall–Kier alpha value is -2.80. The molecule has 1 aliphatic rings. The molecule has 1 unspecified atom stereocenters. The van der Waals surface area contributed by atoms with Crippen LogP contribution in [0.3, 0.4) is 0 Å². The third-order valence-corrected chi connectivity index (χ3v) is 4.84. The summed E-state index contributed by atoms with van der Waals surface area (Å²) in [5, 5.41) is 5.59. The second kappa shape index (κ2) is 7.08. The molecule has 2 heterocycles. The third-order valence-electron chi connectivity index (χ3n) is 4.84. The summed E-state index contributed by atoms with van der Waals surface area (Å²) >= 11 is 0. The fourth-order valence-electron chi connectivity index (χ4n) is 3.34. The fourth-order valence-corrected chi connectivity index (χ4v) is 3.34. The minimum absolute atomic E-state index is 0.151. The SMILES string of the molecule is O=C(NCc1ccc(-n2cnc3ccccc32)cc1)C1CC(F)(F)CCN1. The smallest absolute Gasteiger partial charge is 0.251 e. The van der Waals surface area contributed by atoms with Crippen LogP contribution in [-0.4, -0.2) is 34.0 Å². The van der Waals surface area contributed by atoms with Crippen molar-refractivity contribution in [1.29, 1.82) is 0 Å². The molecule has 0 saturated carbocycles. The number of aromatic nitrogens is 2. The van der Waals surface area contributed by atoms with E-state index in [0.717, 1.165) is 22.3 Å². The van der Waals surface area contributed by atoms with E-state index in [-0.39, 0.29) is 18.9 Å². The predicted octanol–water partition coefficient (Wildman–Crippen LogP) is 3.03. The average molecular weight is 370 g/mol. The first-order valence-corrected chi connectivity index (χ1v) is 8.92. The van der Waals surface area contributed by atoms with Crippen LogP contribution >= 0.6 is 0 Å². The number of carbonyl (C=O) groups excluding carboxylic acids is 1. The number of alkyl halides is 2. The molecular weight excluding hydrogens is 350 g/mol. The van der Waals surface area contributed by atoms with Gasteiger partial charge in [0.1, 0.15) is 6.33 Å². The highest BCUT2D eigenvalue weighted by atomic mass is 19.3. The van der Waals surface area contributed by atoms with E-state index in [1.54, 1.807) is 6.33 Å². The van der Waals surface area contributed by atoms with Crippen molar-refractivity contribution >= 4 is 16.9 Å². The van der Waals surface area contributed by atoms with Crippen LogP contribution in [0, 0.1) is 0 Å². The van der Waals surface area contributed by atoms with Gasteiger partial charge in [0.15, 0.2) is 0 Å². The van der Waals surface area contributed by atoms with Crippen molar-refractivity contribution in [3.63, 3.8) is 0 Å². The molecule has 7 heteroatoms. The molecule has 27 heavy (non-hydrogen) atoms. The molecule has 0 spiro atoms. The quantitative estimate of drug-likeness (QED) is 0.742. The number of amides is 1. The highest BCUT2D eigenvalue weighted by Gasteiger charge is 2.38. The molecule has 2 aromatic carbocycles. The van der Waals surface area contributed by atoms with Gasteiger partial charge in [0, 0.05) is 31.6 Å². The Morgan fingerprint density at radius 2 is 2.00 bits per heavy atom. The standard InChI is InChI=1S/C20H20F2N4O/c21-20(22)9-10-23-17(11-20)19(27)24-12-14-5-7-15(8-6-14)26-13-25-16-3-1-2-4-18(16)26/h1-8,13,17,23H,9-12H2,(H,24,27). The largest absolute Gasteiger partial charge is 0.351 e. The molecule has 1 atom stereocenters. The van der Waals surface area contributed by atoms with E-state index in [1.807, 2.05) is 53.1 Å². The minimum Gasteiger partial charge on any atom is -0.351 e. The van der Waals surface area contributed by atoms with E-state index >= 15 is 0 Å². The number of halogens is 2. The molecule has 4 rings (SSSR count). The first kappa shape index (κ1) is 17.6. The molecule has 0 aliphatic carbocycles. The van der Waals surface area contributed by atoms with E-state index in [0.29, 0.717) is 6.54 Å². The van der Waals surface area contributed by atoms with E-state index in [9.17, 15) is 13.6 Å². The number of benzene rings is 2. The summed E-state index contributed by atoms with van der Waals surface area (Å²) in [7, 11) is 0. The second-order valence-corrected chi connectivity index (χ2v) is 6.80. The lowest BCUT2D eigenvalue weighted by Gasteiger charge is -2.29. The number of imidazole rings is 1. The Morgan fingerprint density at radius 1 is 1.22 bits per heavy atom. The van der Waals surface area contributed by atoms with Crippen LogP contribution in [-0.2, 0) is 11.3 Å². The van der Waals surface area contributed by atoms with Gasteiger partial charge in [0.2, 0.25) is 5.91 Å². The van der Waals surface area contributed by atoms with Crippen molar-refractivity contribution in [2.45, 2.75) is 31.4 Å². The van der Waals surface area contributed by atoms with Gasteiger partial charge >= 0.3 is 0 Å². The van der Waals surface area contributed by atoms with Gasteiger partial charge in [-0.05, 0) is 29.8 Å². The number of carbonyl (C=O) groups is 1. The highest BCUT2D eigenvalue weighted by Crippen LogP contribution is 2.27. The van der Waals surface area contributed by atoms with Gasteiger partial charge < -0.3 is 10.6 Å². The average Bonchev–Trinajstić information content (AvgIpc) is 3.10. The van der Waals surface area contributed by atoms with Gasteiger partial charge in [-0.1, -0.05) is 24.3 Å². The molecule has 1 amide bonds. The van der Waals surface area contributed by atoms with Crippen molar-refractivity contribution in [3.05, 3.63) is 60.4 Å². The number of fused-ring (bicyclic) bond motifs is 1. The van der Waals surface area contributed by atoms with E-state index in [2.05, 4.69) is 15.6 Å². The van der Waals surface area contributed by atoms with Crippen molar-refractivity contribution < 1.29 is 13.6 Å². The zero-order chi connectivity index (χ0) is 18.9. The predicted molar refractivity (Wildman–Crippen MR) is 98.9 cm³/mol. The van der Waals surface area contributed by atoms with Gasteiger partial charge in [0.25, 0.3) is 5.92 Å². The molecule has 1 saturated heterocycles. The monoisotopic (exact) mass is 370 g/mol. The van der Waals surface area contributed by atoms with E-state index < -0.39 is 18.4 Å². The van der Waals surface area contributed by atoms with Gasteiger partial charge in [-0.25, -0.2) is 13.8 Å². The lowest BCUT2D eigenvalue weighted by molar-refractivity contribution is -0.128. The number of para-hydroxylation sites is 2. The first-order valence-electron chi connectivity index (χ1n) is 8.92. The maximum Gasteiger partial charge on any atom is 0.251 e. The molecular formula is C20H20F2N4O. The first-order chi connectivity index (χ1) is 13.0. The lowest BCUT2D eigenvalue weighted by Crippen LogP contribution is -2.51. The van der Waals surface area contributed by atoms with Crippen LogP contribution in [0.2, 0.25) is 0 Å². The maximum absolute atomic E-state index is 13.4. The molecule has 5 nitrogen and oxygen atoms in total. The summed E-state index contributed by atoms with van der Waals surface area (Å²) < 4.78 is 28.9. The number of piperidine rings is 1. The molecule has 140 valence electrons. The van der Waals surface area contributed by atoms with Crippen LogP contribution in [0.1, 0.15) is 18.4 Å². The van der Waals surface area contributed by atoms with Crippen molar-refractivity contribution in [3.8, 4) is 5.69 Å². The summed E-state index contributed by atoms with van der Waals surface area (Å²) in [4.78, 5) is 16.5. The van der Waals surface area contributed by atoms with Crippen LogP contribution in [0.5, 0.6) is 0 Å². The normalized spacial score (nSPS) is 19.1. The Morgan fingerprint density at radius 3 is 2.78 bits per heavy atom. The molecule has 0 radical (unpaired) electrons. The Bertz CT molecular complexity index is 952. The zero-order valence-electron chi connectivity index (χ0n) is 14.7.